The van der Waals surface area contributed by atoms with Gasteiger partial charge in [-0.05, 0) is 11.1 Å². The first-order chi connectivity index (χ1) is 10.9. The van der Waals surface area contributed by atoms with Crippen LogP contribution in [0, 0.1) is 0 Å². The van der Waals surface area contributed by atoms with Crippen LogP contribution >= 0.6 is 0 Å². The molecule has 0 heterocycles. The molecule has 0 aliphatic heterocycles. The monoisotopic (exact) mass is 334 g/mol. The van der Waals surface area contributed by atoms with Crippen molar-refractivity contribution in [2.75, 3.05) is 0 Å². The van der Waals surface area contributed by atoms with E-state index in [0.29, 0.717) is 0 Å². The maximum atomic E-state index is 12.8. The molecule has 2 N–H and O–H groups in total. The zero-order valence-electron chi connectivity index (χ0n) is 11.9. The van der Waals surface area contributed by atoms with Gasteiger partial charge in [0.2, 0.25) is 0 Å². The van der Waals surface area contributed by atoms with E-state index in [4.69, 9.17) is 0 Å². The highest BCUT2D eigenvalue weighted by molar-refractivity contribution is 7.93. The lowest BCUT2D eigenvalue weighted by atomic mass is 10.1. The molecule has 2 atom stereocenters. The van der Waals surface area contributed by atoms with Crippen LogP contribution in [0.25, 0.3) is 0 Å². The molecule has 0 saturated carbocycles. The van der Waals surface area contributed by atoms with Crippen molar-refractivity contribution in [3.8, 4) is 0 Å². The number of aliphatic carboxylic acids is 2. The van der Waals surface area contributed by atoms with Crippen LogP contribution in [0.1, 0.15) is 21.6 Å². The van der Waals surface area contributed by atoms with Gasteiger partial charge in [0.1, 0.15) is 0 Å². The van der Waals surface area contributed by atoms with Gasteiger partial charge in [0.25, 0.3) is 0 Å². The number of hydrogen-bond acceptors (Lipinski definition) is 4. The molecule has 0 fully saturated rings. The van der Waals surface area contributed by atoms with Crippen LogP contribution in [0.4, 0.5) is 0 Å². The lowest BCUT2D eigenvalue weighted by Gasteiger charge is -2.19. The number of carbonyl (C=O) groups is 2. The van der Waals surface area contributed by atoms with Gasteiger partial charge < -0.3 is 10.2 Å². The molecule has 0 aromatic heterocycles. The number of rotatable bonds is 6. The van der Waals surface area contributed by atoms with Crippen molar-refractivity contribution < 1.29 is 28.2 Å². The Bertz CT molecular complexity index is 735. The van der Waals surface area contributed by atoms with Crippen LogP contribution in [-0.2, 0) is 19.4 Å². The van der Waals surface area contributed by atoms with Crippen LogP contribution in [0.2, 0.25) is 0 Å². The molecule has 2 rings (SSSR count). The Balaban J connectivity index is 2.60. The summed E-state index contributed by atoms with van der Waals surface area (Å²) in [5, 5.41) is 14.8. The Kier molecular flexibility index (Phi) is 4.80. The first-order valence-electron chi connectivity index (χ1n) is 6.64. The van der Waals surface area contributed by atoms with E-state index < -0.39 is 32.3 Å². The topological polar surface area (TPSA) is 109 Å². The fourth-order valence-electron chi connectivity index (χ4n) is 2.34. The molecule has 0 bridgehead atoms. The number of hydrogen-bond donors (Lipinski definition) is 2. The van der Waals surface area contributed by atoms with Crippen molar-refractivity contribution in [3.05, 3.63) is 71.8 Å². The Morgan fingerprint density at radius 3 is 1.26 bits per heavy atom. The van der Waals surface area contributed by atoms with Crippen LogP contribution in [0.15, 0.2) is 60.7 Å². The summed E-state index contributed by atoms with van der Waals surface area (Å²) in [4.78, 5) is 23.1. The lowest BCUT2D eigenvalue weighted by molar-refractivity contribution is -0.136. The average Bonchev–Trinajstić information content (AvgIpc) is 2.48. The van der Waals surface area contributed by atoms with Crippen LogP contribution < -0.4 is 0 Å². The molecule has 0 amide bonds. The van der Waals surface area contributed by atoms with Crippen molar-refractivity contribution in [2.45, 2.75) is 10.5 Å². The average molecular weight is 334 g/mol. The van der Waals surface area contributed by atoms with E-state index in [1.165, 1.54) is 48.5 Å². The molecule has 2 aromatic carbocycles. The van der Waals surface area contributed by atoms with Gasteiger partial charge in [-0.2, -0.15) is 0 Å². The summed E-state index contributed by atoms with van der Waals surface area (Å²) in [6.45, 7) is 0. The molecule has 0 aliphatic rings. The van der Waals surface area contributed by atoms with Crippen molar-refractivity contribution >= 4 is 21.8 Å². The predicted octanol–water partition coefficient (Wildman–Crippen LogP) is 2.05. The fourth-order valence-corrected chi connectivity index (χ4v) is 4.24. The molecule has 2 aromatic rings. The first kappa shape index (κ1) is 16.7. The molecular formula is C16H14O6S. The second-order valence-corrected chi connectivity index (χ2v) is 6.97. The number of sulfone groups is 1. The molecule has 0 unspecified atom stereocenters. The van der Waals surface area contributed by atoms with Crippen LogP contribution in [-0.4, -0.2) is 30.6 Å². The second kappa shape index (κ2) is 6.62. The largest absolute Gasteiger partial charge is 0.480 e. The van der Waals surface area contributed by atoms with E-state index in [1.54, 1.807) is 12.1 Å². The van der Waals surface area contributed by atoms with Crippen molar-refractivity contribution in [3.63, 3.8) is 0 Å². The summed E-state index contributed by atoms with van der Waals surface area (Å²) in [7, 11) is -4.57. The van der Waals surface area contributed by atoms with Gasteiger partial charge in [-0.1, -0.05) is 60.7 Å². The molecule has 7 heteroatoms. The Labute approximate surface area is 132 Å². The summed E-state index contributed by atoms with van der Waals surface area (Å²) >= 11 is 0. The van der Waals surface area contributed by atoms with E-state index >= 15 is 0 Å². The van der Waals surface area contributed by atoms with Gasteiger partial charge in [0.05, 0.1) is 0 Å². The molecule has 6 nitrogen and oxygen atoms in total. The van der Waals surface area contributed by atoms with Gasteiger partial charge in [-0.3, -0.25) is 9.59 Å². The van der Waals surface area contributed by atoms with Gasteiger partial charge in [-0.15, -0.1) is 0 Å². The van der Waals surface area contributed by atoms with Crippen molar-refractivity contribution in [1.29, 1.82) is 0 Å². The molecule has 0 saturated heterocycles. The van der Waals surface area contributed by atoms with Gasteiger partial charge in [0, 0.05) is 0 Å². The summed E-state index contributed by atoms with van der Waals surface area (Å²) in [6.07, 6.45) is 0. The van der Waals surface area contributed by atoms with E-state index in [-0.39, 0.29) is 11.1 Å². The minimum Gasteiger partial charge on any atom is -0.480 e. The van der Waals surface area contributed by atoms with E-state index in [1.807, 2.05) is 0 Å². The third-order valence-corrected chi connectivity index (χ3v) is 5.57. The predicted molar refractivity (Wildman–Crippen MR) is 82.6 cm³/mol. The number of carboxylic acid groups (broad SMARTS) is 2. The molecular weight excluding hydrogens is 320 g/mol. The third kappa shape index (κ3) is 3.40. The highest BCUT2D eigenvalue weighted by atomic mass is 32.2. The summed E-state index contributed by atoms with van der Waals surface area (Å²) in [6, 6.07) is 14.6. The highest BCUT2D eigenvalue weighted by Gasteiger charge is 2.44. The normalized spacial score (nSPS) is 13.9. The van der Waals surface area contributed by atoms with Crippen LogP contribution in [0.3, 0.4) is 0 Å². The number of carboxylic acids is 2. The van der Waals surface area contributed by atoms with Gasteiger partial charge >= 0.3 is 11.9 Å². The summed E-state index contributed by atoms with van der Waals surface area (Å²) < 4.78 is 25.5. The maximum absolute atomic E-state index is 12.8. The Hall–Kier alpha value is -2.67. The minimum absolute atomic E-state index is 0.0159. The third-order valence-electron chi connectivity index (χ3n) is 3.31. The zero-order valence-corrected chi connectivity index (χ0v) is 12.7. The highest BCUT2D eigenvalue weighted by Crippen LogP contribution is 2.34. The van der Waals surface area contributed by atoms with Crippen LogP contribution in [0.5, 0.6) is 0 Å². The smallest absolute Gasteiger partial charge is 0.326 e. The Morgan fingerprint density at radius 1 is 0.696 bits per heavy atom. The Morgan fingerprint density at radius 2 is 1.00 bits per heavy atom. The molecule has 120 valence electrons. The maximum Gasteiger partial charge on any atom is 0.326 e. The van der Waals surface area contributed by atoms with E-state index in [9.17, 15) is 28.2 Å². The standard InChI is InChI=1S/C16H14O6S/c17-15(18)13(11-7-3-1-4-8-11)23(21,22)14(16(19)20)12-9-5-2-6-10-12/h1-10,13-14H,(H,17,18)(H,19,20)/t13-,14+. The quantitative estimate of drug-likeness (QED) is 0.837. The SMILES string of the molecule is O=C(O)[C@H](c1ccccc1)S(=O)(=O)[C@@H](C(=O)O)c1ccccc1. The fraction of sp³-hybridized carbons (Fsp3) is 0.125. The van der Waals surface area contributed by atoms with E-state index in [2.05, 4.69) is 0 Å². The molecule has 23 heavy (non-hydrogen) atoms. The molecule has 0 radical (unpaired) electrons. The van der Waals surface area contributed by atoms with E-state index in [0.717, 1.165) is 0 Å². The summed E-state index contributed by atoms with van der Waals surface area (Å²) in [5.74, 6) is -3.23. The zero-order chi connectivity index (χ0) is 17.0. The van der Waals surface area contributed by atoms with Crippen molar-refractivity contribution in [1.82, 2.24) is 0 Å². The van der Waals surface area contributed by atoms with Gasteiger partial charge in [0.15, 0.2) is 20.3 Å². The minimum atomic E-state index is -4.57. The molecule has 0 spiro atoms. The van der Waals surface area contributed by atoms with Crippen molar-refractivity contribution in [2.24, 2.45) is 0 Å². The summed E-state index contributed by atoms with van der Waals surface area (Å²) in [5.41, 5.74) is 0.0318. The lowest BCUT2D eigenvalue weighted by Crippen LogP contribution is -2.31. The van der Waals surface area contributed by atoms with Gasteiger partial charge in [-0.25, -0.2) is 8.42 Å². The second-order valence-electron chi connectivity index (χ2n) is 4.85. The first-order valence-corrected chi connectivity index (χ1v) is 8.25. The molecule has 0 aliphatic carbocycles. The number of benzene rings is 2.